The Morgan fingerprint density at radius 1 is 0.926 bits per heavy atom. The quantitative estimate of drug-likeness (QED) is 0.499. The fourth-order valence-electron chi connectivity index (χ4n) is 2.51. The molecule has 0 atom stereocenters. The Hall–Kier alpha value is -3.13. The topological polar surface area (TPSA) is 69.6 Å². The van der Waals surface area contributed by atoms with Crippen LogP contribution in [0.25, 0.3) is 22.7 Å². The minimum atomic E-state index is -2.78. The Balaban J connectivity index is 1.48. The van der Waals surface area contributed by atoms with Gasteiger partial charge in [0, 0.05) is 16.1 Å². The zero-order chi connectivity index (χ0) is 18.8. The van der Waals surface area contributed by atoms with Gasteiger partial charge in [-0.15, -0.1) is 15.3 Å². The van der Waals surface area contributed by atoms with Crippen molar-refractivity contribution in [3.05, 3.63) is 71.2 Å². The van der Waals surface area contributed by atoms with Gasteiger partial charge in [0.05, 0.1) is 12.7 Å². The Labute approximate surface area is 157 Å². The van der Waals surface area contributed by atoms with Crippen LogP contribution in [0.5, 0.6) is 0 Å². The monoisotopic (exact) mass is 387 g/mol. The summed E-state index contributed by atoms with van der Waals surface area (Å²) in [5, 5.41) is 15.9. The summed E-state index contributed by atoms with van der Waals surface area (Å²) >= 11 is 5.89. The molecule has 0 fully saturated rings. The van der Waals surface area contributed by atoms with Crippen molar-refractivity contribution >= 4 is 11.6 Å². The average Bonchev–Trinajstić information content (AvgIpc) is 3.33. The van der Waals surface area contributed by atoms with Crippen molar-refractivity contribution in [2.75, 3.05) is 0 Å². The minimum Gasteiger partial charge on any atom is -0.415 e. The van der Waals surface area contributed by atoms with Crippen LogP contribution in [-0.4, -0.2) is 25.2 Å². The van der Waals surface area contributed by atoms with E-state index >= 15 is 0 Å². The first-order chi connectivity index (χ1) is 13.1. The lowest BCUT2D eigenvalue weighted by atomic mass is 10.1. The highest BCUT2D eigenvalue weighted by molar-refractivity contribution is 6.30. The van der Waals surface area contributed by atoms with Gasteiger partial charge in [-0.2, -0.15) is 8.78 Å². The van der Waals surface area contributed by atoms with E-state index in [1.807, 2.05) is 30.5 Å². The summed E-state index contributed by atoms with van der Waals surface area (Å²) in [6.07, 6.45) is -0.947. The number of alkyl halides is 2. The van der Waals surface area contributed by atoms with Crippen molar-refractivity contribution in [2.45, 2.75) is 13.0 Å². The second-order valence-corrected chi connectivity index (χ2v) is 6.19. The highest BCUT2D eigenvalue weighted by Crippen LogP contribution is 2.24. The smallest absolute Gasteiger partial charge is 0.314 e. The van der Waals surface area contributed by atoms with Gasteiger partial charge in [-0.1, -0.05) is 41.1 Å². The number of benzene rings is 2. The molecule has 2 aromatic heterocycles. The van der Waals surface area contributed by atoms with Gasteiger partial charge in [-0.3, -0.25) is 0 Å². The summed E-state index contributed by atoms with van der Waals surface area (Å²) in [5.74, 6) is -0.631. The molecule has 0 amide bonds. The lowest BCUT2D eigenvalue weighted by molar-refractivity contribution is 0.116. The third-order valence-corrected chi connectivity index (χ3v) is 4.10. The maximum Gasteiger partial charge on any atom is 0.314 e. The summed E-state index contributed by atoms with van der Waals surface area (Å²) < 4.78 is 31.7. The molecule has 0 aliphatic carbocycles. The van der Waals surface area contributed by atoms with E-state index < -0.39 is 12.3 Å². The van der Waals surface area contributed by atoms with Crippen LogP contribution in [-0.2, 0) is 6.54 Å². The zero-order valence-corrected chi connectivity index (χ0v) is 14.5. The van der Waals surface area contributed by atoms with Crippen LogP contribution in [0.3, 0.4) is 0 Å². The van der Waals surface area contributed by atoms with E-state index in [4.69, 9.17) is 16.0 Å². The number of nitrogens with zero attached hydrogens (tertiary/aromatic N) is 5. The predicted molar refractivity (Wildman–Crippen MR) is 94.3 cm³/mol. The van der Waals surface area contributed by atoms with E-state index in [0.29, 0.717) is 17.1 Å². The van der Waals surface area contributed by atoms with Gasteiger partial charge >= 0.3 is 6.43 Å². The SMILES string of the molecule is FC(F)c1nnc(-c2ccc(Cn3cc(-c4ccc(Cl)cc4)nn3)cc2)o1. The number of aromatic nitrogens is 5. The third kappa shape index (κ3) is 3.85. The zero-order valence-electron chi connectivity index (χ0n) is 13.8. The molecule has 4 aromatic rings. The number of halogens is 3. The van der Waals surface area contributed by atoms with E-state index in [-0.39, 0.29) is 5.89 Å². The standard InChI is InChI=1S/C18H12ClF2N5O/c19-14-7-5-12(6-8-14)15-10-26(25-22-15)9-11-1-3-13(4-2-11)17-23-24-18(27-17)16(20)21/h1-8,10,16H,9H2. The summed E-state index contributed by atoms with van der Waals surface area (Å²) in [7, 11) is 0. The molecule has 0 saturated carbocycles. The summed E-state index contributed by atoms with van der Waals surface area (Å²) in [6.45, 7) is 0.507. The minimum absolute atomic E-state index is 0.0580. The summed E-state index contributed by atoms with van der Waals surface area (Å²) in [6, 6.07) is 14.5. The van der Waals surface area contributed by atoms with Gasteiger partial charge in [-0.25, -0.2) is 4.68 Å². The van der Waals surface area contributed by atoms with Crippen LogP contribution in [0.2, 0.25) is 5.02 Å². The van der Waals surface area contributed by atoms with Crippen LogP contribution < -0.4 is 0 Å². The molecule has 0 spiro atoms. The Bertz CT molecular complexity index is 1040. The lowest BCUT2D eigenvalue weighted by Gasteiger charge is -2.02. The Morgan fingerprint density at radius 3 is 2.30 bits per heavy atom. The third-order valence-electron chi connectivity index (χ3n) is 3.85. The molecule has 0 N–H and O–H groups in total. The van der Waals surface area contributed by atoms with Crippen molar-refractivity contribution in [1.82, 2.24) is 25.2 Å². The maximum atomic E-state index is 12.5. The first-order valence-corrected chi connectivity index (χ1v) is 8.33. The van der Waals surface area contributed by atoms with Gasteiger partial charge in [-0.05, 0) is 29.8 Å². The molecule has 27 heavy (non-hydrogen) atoms. The van der Waals surface area contributed by atoms with E-state index in [1.54, 1.807) is 28.9 Å². The van der Waals surface area contributed by atoms with E-state index in [9.17, 15) is 8.78 Å². The molecule has 0 radical (unpaired) electrons. The molecular weight excluding hydrogens is 376 g/mol. The first-order valence-electron chi connectivity index (χ1n) is 7.95. The molecule has 0 aliphatic rings. The molecule has 0 aliphatic heterocycles. The molecule has 9 heteroatoms. The number of rotatable bonds is 5. The van der Waals surface area contributed by atoms with Crippen molar-refractivity contribution < 1.29 is 13.2 Å². The molecular formula is C18H12ClF2N5O. The molecule has 0 saturated heterocycles. The largest absolute Gasteiger partial charge is 0.415 e. The molecule has 2 heterocycles. The molecule has 4 rings (SSSR count). The van der Waals surface area contributed by atoms with Crippen LogP contribution in [0.15, 0.2) is 59.1 Å². The Morgan fingerprint density at radius 2 is 1.63 bits per heavy atom. The van der Waals surface area contributed by atoms with Crippen molar-refractivity contribution in [2.24, 2.45) is 0 Å². The fourth-order valence-corrected chi connectivity index (χ4v) is 2.63. The Kier molecular flexibility index (Phi) is 4.64. The van der Waals surface area contributed by atoms with Gasteiger partial charge in [0.15, 0.2) is 0 Å². The molecule has 6 nitrogen and oxygen atoms in total. The average molecular weight is 388 g/mol. The van der Waals surface area contributed by atoms with E-state index in [2.05, 4.69) is 20.5 Å². The highest BCUT2D eigenvalue weighted by Gasteiger charge is 2.16. The van der Waals surface area contributed by atoms with Crippen LogP contribution in [0, 0.1) is 0 Å². The molecule has 136 valence electrons. The normalized spacial score (nSPS) is 11.3. The van der Waals surface area contributed by atoms with Crippen LogP contribution in [0.1, 0.15) is 17.9 Å². The lowest BCUT2D eigenvalue weighted by Crippen LogP contribution is -2.00. The van der Waals surface area contributed by atoms with Gasteiger partial charge in [0.25, 0.3) is 5.89 Å². The van der Waals surface area contributed by atoms with Gasteiger partial charge in [0.1, 0.15) is 5.69 Å². The van der Waals surface area contributed by atoms with Gasteiger partial charge < -0.3 is 4.42 Å². The van der Waals surface area contributed by atoms with Crippen LogP contribution >= 0.6 is 11.6 Å². The highest BCUT2D eigenvalue weighted by atomic mass is 35.5. The number of hydrogen-bond donors (Lipinski definition) is 0. The fraction of sp³-hybridized carbons (Fsp3) is 0.111. The summed E-state index contributed by atoms with van der Waals surface area (Å²) in [5.41, 5.74) is 3.19. The molecule has 2 aromatic carbocycles. The second-order valence-electron chi connectivity index (χ2n) is 5.75. The van der Waals surface area contributed by atoms with Gasteiger partial charge in [0.2, 0.25) is 5.89 Å². The van der Waals surface area contributed by atoms with E-state index in [1.165, 1.54) is 0 Å². The van der Waals surface area contributed by atoms with Crippen molar-refractivity contribution in [3.63, 3.8) is 0 Å². The second kappa shape index (κ2) is 7.24. The first kappa shape index (κ1) is 17.3. The van der Waals surface area contributed by atoms with Crippen molar-refractivity contribution in [1.29, 1.82) is 0 Å². The molecule has 0 bridgehead atoms. The van der Waals surface area contributed by atoms with Crippen LogP contribution in [0.4, 0.5) is 8.78 Å². The number of hydrogen-bond acceptors (Lipinski definition) is 5. The van der Waals surface area contributed by atoms with Crippen molar-refractivity contribution in [3.8, 4) is 22.7 Å². The van der Waals surface area contributed by atoms with E-state index in [0.717, 1.165) is 16.8 Å². The summed E-state index contributed by atoms with van der Waals surface area (Å²) in [4.78, 5) is 0. The molecule has 0 unspecified atom stereocenters. The maximum absolute atomic E-state index is 12.5. The predicted octanol–water partition coefficient (Wildman–Crippen LogP) is 4.63.